The van der Waals surface area contributed by atoms with Gasteiger partial charge < -0.3 is 24.6 Å². The van der Waals surface area contributed by atoms with Crippen molar-refractivity contribution in [1.82, 2.24) is 9.97 Å². The van der Waals surface area contributed by atoms with Gasteiger partial charge in [0.25, 0.3) is 5.91 Å². The van der Waals surface area contributed by atoms with Crippen LogP contribution in [0, 0.1) is 0 Å². The minimum Gasteiger partial charge on any atom is -0.497 e. The largest absolute Gasteiger partial charge is 0.497 e. The fourth-order valence-corrected chi connectivity index (χ4v) is 3.42. The molecular formula is C23H25N5O3. The average Bonchev–Trinajstić information content (AvgIpc) is 2.84. The maximum atomic E-state index is 12.3. The molecule has 0 saturated carbocycles. The minimum atomic E-state index is -0.283. The molecule has 2 aromatic carbocycles. The number of ether oxygens (including phenoxy) is 2. The number of benzene rings is 2. The monoisotopic (exact) mass is 419 g/mol. The number of anilines is 3. The number of methoxy groups -OCH3 is 1. The van der Waals surface area contributed by atoms with E-state index in [-0.39, 0.29) is 12.5 Å². The molecule has 1 N–H and O–H groups in total. The summed E-state index contributed by atoms with van der Waals surface area (Å²) in [4.78, 5) is 25.4. The number of hydrogen-bond donors (Lipinski definition) is 1. The van der Waals surface area contributed by atoms with Gasteiger partial charge in [-0.15, -0.1) is 0 Å². The Labute approximate surface area is 181 Å². The molecule has 8 nitrogen and oxygen atoms in total. The zero-order valence-corrected chi connectivity index (χ0v) is 17.4. The van der Waals surface area contributed by atoms with Gasteiger partial charge in [0.1, 0.15) is 29.5 Å². The molecule has 4 rings (SSSR count). The van der Waals surface area contributed by atoms with Crippen LogP contribution in [0.4, 0.5) is 17.3 Å². The summed E-state index contributed by atoms with van der Waals surface area (Å²) in [5.41, 5.74) is 1.23. The Kier molecular flexibility index (Phi) is 6.47. The molecule has 1 aliphatic rings. The molecule has 0 unspecified atom stereocenters. The molecule has 2 heterocycles. The first-order chi connectivity index (χ1) is 15.2. The van der Waals surface area contributed by atoms with Crippen molar-refractivity contribution in [2.45, 2.75) is 0 Å². The maximum absolute atomic E-state index is 12.3. The standard InChI is InChI=1S/C23H25N5O3/c1-30-19-7-9-20(10-8-19)31-16-23(29)26-21-15-22(25-17-24-21)28-13-11-27(12-14-28)18-5-3-2-4-6-18/h2-10,15,17H,11-14,16H2,1H3,(H,24,25,26,29). The van der Waals surface area contributed by atoms with Crippen LogP contribution >= 0.6 is 0 Å². The molecule has 1 saturated heterocycles. The smallest absolute Gasteiger partial charge is 0.263 e. The van der Waals surface area contributed by atoms with E-state index < -0.39 is 0 Å². The second kappa shape index (κ2) is 9.80. The Morgan fingerprint density at radius 2 is 1.61 bits per heavy atom. The fourth-order valence-electron chi connectivity index (χ4n) is 3.42. The summed E-state index contributed by atoms with van der Waals surface area (Å²) in [6.07, 6.45) is 1.47. The van der Waals surface area contributed by atoms with Gasteiger partial charge in [0, 0.05) is 37.9 Å². The van der Waals surface area contributed by atoms with Gasteiger partial charge >= 0.3 is 0 Å². The van der Waals surface area contributed by atoms with Gasteiger partial charge in [-0.3, -0.25) is 4.79 Å². The van der Waals surface area contributed by atoms with E-state index in [4.69, 9.17) is 9.47 Å². The van der Waals surface area contributed by atoms with E-state index in [9.17, 15) is 4.79 Å². The predicted octanol–water partition coefficient (Wildman–Crippen LogP) is 2.83. The quantitative estimate of drug-likeness (QED) is 0.631. The number of aromatic nitrogens is 2. The molecule has 0 atom stereocenters. The molecular weight excluding hydrogens is 394 g/mol. The number of piperazine rings is 1. The zero-order chi connectivity index (χ0) is 21.5. The number of para-hydroxylation sites is 1. The van der Waals surface area contributed by atoms with Crippen LogP contribution in [0.5, 0.6) is 11.5 Å². The van der Waals surface area contributed by atoms with E-state index in [0.717, 1.165) is 37.7 Å². The third kappa shape index (κ3) is 5.42. The van der Waals surface area contributed by atoms with E-state index in [1.54, 1.807) is 37.4 Å². The van der Waals surface area contributed by atoms with Crippen LogP contribution in [0.2, 0.25) is 0 Å². The molecule has 0 spiro atoms. The maximum Gasteiger partial charge on any atom is 0.263 e. The summed E-state index contributed by atoms with van der Waals surface area (Å²) in [5.74, 6) is 2.30. The summed E-state index contributed by atoms with van der Waals surface area (Å²) < 4.78 is 10.6. The highest BCUT2D eigenvalue weighted by Crippen LogP contribution is 2.20. The van der Waals surface area contributed by atoms with Crippen LogP contribution < -0.4 is 24.6 Å². The van der Waals surface area contributed by atoms with Gasteiger partial charge in [-0.25, -0.2) is 9.97 Å². The van der Waals surface area contributed by atoms with Gasteiger partial charge in [0.15, 0.2) is 6.61 Å². The highest BCUT2D eigenvalue weighted by atomic mass is 16.5. The Balaban J connectivity index is 1.29. The molecule has 8 heteroatoms. The first-order valence-electron chi connectivity index (χ1n) is 10.1. The number of rotatable bonds is 7. The van der Waals surface area contributed by atoms with Crippen LogP contribution in [-0.4, -0.2) is 55.8 Å². The molecule has 1 aliphatic heterocycles. The number of carbonyl (C=O) groups excluding carboxylic acids is 1. The number of hydrogen-bond acceptors (Lipinski definition) is 7. The Bertz CT molecular complexity index is 990. The Morgan fingerprint density at radius 1 is 0.935 bits per heavy atom. The molecule has 3 aromatic rings. The van der Waals surface area contributed by atoms with Crippen LogP contribution in [0.25, 0.3) is 0 Å². The lowest BCUT2D eigenvalue weighted by atomic mass is 10.2. The molecule has 31 heavy (non-hydrogen) atoms. The molecule has 0 bridgehead atoms. The SMILES string of the molecule is COc1ccc(OCC(=O)Nc2cc(N3CCN(c4ccccc4)CC3)ncn2)cc1. The predicted molar refractivity (Wildman–Crippen MR) is 120 cm³/mol. The lowest BCUT2D eigenvalue weighted by Gasteiger charge is -2.36. The first-order valence-corrected chi connectivity index (χ1v) is 10.1. The number of amides is 1. The van der Waals surface area contributed by atoms with Crippen molar-refractivity contribution >= 4 is 23.2 Å². The molecule has 1 fully saturated rings. The van der Waals surface area contributed by atoms with Crippen LogP contribution in [-0.2, 0) is 4.79 Å². The fraction of sp³-hybridized carbons (Fsp3) is 0.261. The van der Waals surface area contributed by atoms with Gasteiger partial charge in [-0.2, -0.15) is 0 Å². The second-order valence-electron chi connectivity index (χ2n) is 7.08. The van der Waals surface area contributed by atoms with E-state index in [1.165, 1.54) is 12.0 Å². The van der Waals surface area contributed by atoms with Crippen molar-refractivity contribution in [3.63, 3.8) is 0 Å². The van der Waals surface area contributed by atoms with Crippen LogP contribution in [0.15, 0.2) is 67.0 Å². The number of nitrogens with one attached hydrogen (secondary N) is 1. The molecule has 160 valence electrons. The third-order valence-electron chi connectivity index (χ3n) is 5.07. The number of nitrogens with zero attached hydrogens (tertiary/aromatic N) is 4. The summed E-state index contributed by atoms with van der Waals surface area (Å²) in [6.45, 7) is 3.40. The van der Waals surface area contributed by atoms with Crippen molar-refractivity contribution in [2.75, 3.05) is 55.0 Å². The molecule has 1 amide bonds. The topological polar surface area (TPSA) is 79.8 Å². The summed E-state index contributed by atoms with van der Waals surface area (Å²) >= 11 is 0. The average molecular weight is 419 g/mol. The number of carbonyl (C=O) groups is 1. The van der Waals surface area contributed by atoms with Crippen molar-refractivity contribution in [2.24, 2.45) is 0 Å². The summed E-state index contributed by atoms with van der Waals surface area (Å²) in [5, 5.41) is 2.77. The van der Waals surface area contributed by atoms with E-state index >= 15 is 0 Å². The van der Waals surface area contributed by atoms with Crippen LogP contribution in [0.3, 0.4) is 0 Å². The van der Waals surface area contributed by atoms with Gasteiger partial charge in [-0.05, 0) is 36.4 Å². The molecule has 0 aliphatic carbocycles. The lowest BCUT2D eigenvalue weighted by Crippen LogP contribution is -2.46. The van der Waals surface area contributed by atoms with Crippen molar-refractivity contribution in [3.8, 4) is 11.5 Å². The van der Waals surface area contributed by atoms with Crippen molar-refractivity contribution in [1.29, 1.82) is 0 Å². The second-order valence-corrected chi connectivity index (χ2v) is 7.08. The van der Waals surface area contributed by atoms with Crippen LogP contribution in [0.1, 0.15) is 0 Å². The zero-order valence-electron chi connectivity index (χ0n) is 17.4. The Hall–Kier alpha value is -3.81. The van der Waals surface area contributed by atoms with E-state index in [0.29, 0.717) is 11.6 Å². The highest BCUT2D eigenvalue weighted by molar-refractivity contribution is 5.91. The third-order valence-corrected chi connectivity index (χ3v) is 5.07. The van der Waals surface area contributed by atoms with Gasteiger partial charge in [-0.1, -0.05) is 18.2 Å². The van der Waals surface area contributed by atoms with E-state index in [2.05, 4.69) is 49.4 Å². The Morgan fingerprint density at radius 3 is 2.32 bits per heavy atom. The van der Waals surface area contributed by atoms with E-state index in [1.807, 2.05) is 6.07 Å². The van der Waals surface area contributed by atoms with Gasteiger partial charge in [0.2, 0.25) is 0 Å². The van der Waals surface area contributed by atoms with Crippen molar-refractivity contribution < 1.29 is 14.3 Å². The lowest BCUT2D eigenvalue weighted by molar-refractivity contribution is -0.118. The molecule has 1 aromatic heterocycles. The summed E-state index contributed by atoms with van der Waals surface area (Å²) in [6, 6.07) is 19.3. The highest BCUT2D eigenvalue weighted by Gasteiger charge is 2.19. The first kappa shape index (κ1) is 20.5. The minimum absolute atomic E-state index is 0.110. The molecule has 0 radical (unpaired) electrons. The summed E-state index contributed by atoms with van der Waals surface area (Å²) in [7, 11) is 1.60. The normalized spacial score (nSPS) is 13.6. The van der Waals surface area contributed by atoms with Gasteiger partial charge in [0.05, 0.1) is 7.11 Å². The van der Waals surface area contributed by atoms with Crippen molar-refractivity contribution in [3.05, 3.63) is 67.0 Å².